The quantitative estimate of drug-likeness (QED) is 0.553. The molecule has 25 heavy (non-hydrogen) atoms. The summed E-state index contributed by atoms with van der Waals surface area (Å²) < 4.78 is 10.7. The molecule has 2 N–H and O–H groups in total. The van der Waals surface area contributed by atoms with Crippen LogP contribution in [0.3, 0.4) is 0 Å². The highest BCUT2D eigenvalue weighted by Crippen LogP contribution is 2.30. The van der Waals surface area contributed by atoms with Crippen molar-refractivity contribution in [2.45, 2.75) is 65.5 Å². The van der Waals surface area contributed by atoms with Crippen molar-refractivity contribution in [2.75, 3.05) is 20.2 Å². The van der Waals surface area contributed by atoms with Crippen LogP contribution >= 0.6 is 0 Å². The first kappa shape index (κ1) is 19.7. The Morgan fingerprint density at radius 2 is 2.24 bits per heavy atom. The number of rotatable bonds is 8. The topological polar surface area (TPSA) is 84.6 Å². The summed E-state index contributed by atoms with van der Waals surface area (Å²) in [4.78, 5) is 8.60. The van der Waals surface area contributed by atoms with E-state index in [0.29, 0.717) is 24.9 Å². The first-order valence-electron chi connectivity index (χ1n) is 9.51. The van der Waals surface area contributed by atoms with Crippen molar-refractivity contribution in [3.05, 3.63) is 11.7 Å². The maximum atomic E-state index is 5.46. The predicted octanol–water partition coefficient (Wildman–Crippen LogP) is 3.05. The third-order valence-electron chi connectivity index (χ3n) is 4.78. The van der Waals surface area contributed by atoms with Crippen molar-refractivity contribution >= 4 is 5.96 Å². The van der Waals surface area contributed by atoms with Crippen LogP contribution in [0.15, 0.2) is 9.52 Å². The lowest BCUT2D eigenvalue weighted by atomic mass is 9.81. The number of guanidine groups is 1. The Morgan fingerprint density at radius 1 is 1.40 bits per heavy atom. The second-order valence-electron chi connectivity index (χ2n) is 6.92. The van der Waals surface area contributed by atoms with Gasteiger partial charge in [-0.05, 0) is 38.5 Å². The van der Waals surface area contributed by atoms with E-state index in [1.54, 1.807) is 7.05 Å². The molecule has 0 aromatic carbocycles. The zero-order chi connectivity index (χ0) is 18.1. The molecule has 0 amide bonds. The summed E-state index contributed by atoms with van der Waals surface area (Å²) in [6, 6.07) is 0. The SMILES string of the molecule is CCOC(C)c1noc(CNC(=NC)NCCC2CCCC(C)C2)n1. The number of aliphatic imine (C=N–C) groups is 1. The molecule has 1 aliphatic rings. The maximum absolute atomic E-state index is 5.46. The number of nitrogens with one attached hydrogen (secondary N) is 2. The van der Waals surface area contributed by atoms with Gasteiger partial charge in [0.05, 0.1) is 6.54 Å². The van der Waals surface area contributed by atoms with Crippen LogP contribution in [0, 0.1) is 11.8 Å². The van der Waals surface area contributed by atoms with Gasteiger partial charge in [-0.25, -0.2) is 0 Å². The lowest BCUT2D eigenvalue weighted by molar-refractivity contribution is 0.0683. The standard InChI is InChI=1S/C18H33N5O2/c1-5-24-14(3)17-22-16(25-23-17)12-21-18(19-4)20-10-9-15-8-6-7-13(2)11-15/h13-15H,5-12H2,1-4H3,(H2,19,20,21). The first-order chi connectivity index (χ1) is 12.1. The highest BCUT2D eigenvalue weighted by Gasteiger charge is 2.18. The van der Waals surface area contributed by atoms with Gasteiger partial charge in [-0.1, -0.05) is 31.3 Å². The van der Waals surface area contributed by atoms with Gasteiger partial charge in [-0.15, -0.1) is 0 Å². The Bertz CT molecular complexity index is 531. The van der Waals surface area contributed by atoms with Gasteiger partial charge in [0.1, 0.15) is 6.10 Å². The highest BCUT2D eigenvalue weighted by molar-refractivity contribution is 5.79. The minimum absolute atomic E-state index is 0.155. The molecule has 7 heteroatoms. The second kappa shape index (κ2) is 10.4. The third kappa shape index (κ3) is 6.65. The fourth-order valence-electron chi connectivity index (χ4n) is 3.43. The lowest BCUT2D eigenvalue weighted by Crippen LogP contribution is -2.38. The van der Waals surface area contributed by atoms with E-state index in [1.807, 2.05) is 13.8 Å². The zero-order valence-corrected chi connectivity index (χ0v) is 16.0. The Labute approximate surface area is 151 Å². The van der Waals surface area contributed by atoms with Crippen LogP contribution in [-0.4, -0.2) is 36.3 Å². The Kier molecular flexibility index (Phi) is 8.18. The summed E-state index contributed by atoms with van der Waals surface area (Å²) in [6.45, 7) is 8.24. The average Bonchev–Trinajstić information content (AvgIpc) is 3.07. The maximum Gasteiger partial charge on any atom is 0.246 e. The molecule has 1 saturated carbocycles. The molecule has 142 valence electrons. The summed E-state index contributed by atoms with van der Waals surface area (Å²) in [7, 11) is 1.77. The van der Waals surface area contributed by atoms with E-state index in [0.717, 1.165) is 24.3 Å². The van der Waals surface area contributed by atoms with E-state index in [2.05, 4.69) is 32.7 Å². The number of hydrogen-bond donors (Lipinski definition) is 2. The molecule has 0 bridgehead atoms. The lowest BCUT2D eigenvalue weighted by Gasteiger charge is -2.26. The molecule has 3 unspecified atom stereocenters. The molecule has 0 saturated heterocycles. The fraction of sp³-hybridized carbons (Fsp3) is 0.833. The van der Waals surface area contributed by atoms with Crippen LogP contribution in [0.4, 0.5) is 0 Å². The molecule has 1 heterocycles. The molecule has 0 spiro atoms. The van der Waals surface area contributed by atoms with Crippen molar-refractivity contribution in [1.82, 2.24) is 20.8 Å². The third-order valence-corrected chi connectivity index (χ3v) is 4.78. The van der Waals surface area contributed by atoms with Crippen molar-refractivity contribution in [3.8, 4) is 0 Å². The van der Waals surface area contributed by atoms with Gasteiger partial charge in [0.15, 0.2) is 11.8 Å². The van der Waals surface area contributed by atoms with E-state index in [-0.39, 0.29) is 6.10 Å². The number of hydrogen-bond acceptors (Lipinski definition) is 5. The first-order valence-corrected chi connectivity index (χ1v) is 9.51. The van der Waals surface area contributed by atoms with Crippen molar-refractivity contribution in [2.24, 2.45) is 16.8 Å². The number of ether oxygens (including phenoxy) is 1. The Balaban J connectivity index is 1.69. The number of aromatic nitrogens is 2. The van der Waals surface area contributed by atoms with Crippen LogP contribution < -0.4 is 10.6 Å². The average molecular weight is 351 g/mol. The molecule has 0 aliphatic heterocycles. The molecular weight excluding hydrogens is 318 g/mol. The van der Waals surface area contributed by atoms with E-state index in [1.165, 1.54) is 32.1 Å². The van der Waals surface area contributed by atoms with Gasteiger partial charge >= 0.3 is 0 Å². The minimum atomic E-state index is -0.155. The van der Waals surface area contributed by atoms with Gasteiger partial charge in [-0.2, -0.15) is 4.98 Å². The van der Waals surface area contributed by atoms with E-state index in [4.69, 9.17) is 9.26 Å². The Morgan fingerprint density at radius 3 is 2.96 bits per heavy atom. The van der Waals surface area contributed by atoms with Gasteiger partial charge in [-0.3, -0.25) is 4.99 Å². The van der Waals surface area contributed by atoms with Crippen molar-refractivity contribution < 1.29 is 9.26 Å². The van der Waals surface area contributed by atoms with E-state index in [9.17, 15) is 0 Å². The second-order valence-corrected chi connectivity index (χ2v) is 6.92. The molecule has 7 nitrogen and oxygen atoms in total. The van der Waals surface area contributed by atoms with Crippen molar-refractivity contribution in [3.63, 3.8) is 0 Å². The fourth-order valence-corrected chi connectivity index (χ4v) is 3.43. The zero-order valence-electron chi connectivity index (χ0n) is 16.0. The molecule has 2 rings (SSSR count). The van der Waals surface area contributed by atoms with Gasteiger partial charge < -0.3 is 19.9 Å². The van der Waals surface area contributed by atoms with Gasteiger partial charge in [0.25, 0.3) is 0 Å². The molecule has 0 radical (unpaired) electrons. The van der Waals surface area contributed by atoms with Crippen LogP contribution in [0.1, 0.15) is 70.7 Å². The van der Waals surface area contributed by atoms with E-state index >= 15 is 0 Å². The van der Waals surface area contributed by atoms with Gasteiger partial charge in [0, 0.05) is 20.2 Å². The smallest absolute Gasteiger partial charge is 0.246 e. The van der Waals surface area contributed by atoms with Crippen LogP contribution in [0.2, 0.25) is 0 Å². The Hall–Kier alpha value is -1.63. The molecule has 1 aromatic rings. The van der Waals surface area contributed by atoms with Crippen LogP contribution in [0.5, 0.6) is 0 Å². The summed E-state index contributed by atoms with van der Waals surface area (Å²) in [5, 5.41) is 10.6. The summed E-state index contributed by atoms with van der Waals surface area (Å²) in [5.41, 5.74) is 0. The van der Waals surface area contributed by atoms with Gasteiger partial charge in [0.2, 0.25) is 5.89 Å². The predicted molar refractivity (Wildman–Crippen MR) is 98.3 cm³/mol. The molecule has 1 aromatic heterocycles. The summed E-state index contributed by atoms with van der Waals surface area (Å²) in [6.07, 6.45) is 6.52. The number of nitrogens with zero attached hydrogens (tertiary/aromatic N) is 3. The normalized spacial score (nSPS) is 22.6. The largest absolute Gasteiger partial charge is 0.371 e. The minimum Gasteiger partial charge on any atom is -0.371 e. The van der Waals surface area contributed by atoms with Crippen LogP contribution in [0.25, 0.3) is 0 Å². The molecule has 1 fully saturated rings. The summed E-state index contributed by atoms with van der Waals surface area (Å²) >= 11 is 0. The molecular formula is C18H33N5O2. The molecule has 3 atom stereocenters. The summed E-state index contributed by atoms with van der Waals surface area (Å²) in [5.74, 6) is 3.59. The van der Waals surface area contributed by atoms with E-state index < -0.39 is 0 Å². The monoisotopic (exact) mass is 351 g/mol. The van der Waals surface area contributed by atoms with Crippen LogP contribution in [-0.2, 0) is 11.3 Å². The molecule has 1 aliphatic carbocycles. The van der Waals surface area contributed by atoms with Crippen molar-refractivity contribution in [1.29, 1.82) is 0 Å². The highest BCUT2D eigenvalue weighted by atomic mass is 16.5.